The summed E-state index contributed by atoms with van der Waals surface area (Å²) < 4.78 is 15.7. The molecule has 0 radical (unpaired) electrons. The molecule has 2 aromatic rings. The molecule has 0 fully saturated rings. The number of carbonyl (C=O) groups excluding carboxylic acids is 1. The monoisotopic (exact) mass is 342 g/mol. The van der Waals surface area contributed by atoms with Gasteiger partial charge in [0, 0.05) is 0 Å². The lowest BCUT2D eigenvalue weighted by molar-refractivity contribution is -0.123. The molecule has 0 aromatic heterocycles. The average molecular weight is 342 g/mol. The summed E-state index contributed by atoms with van der Waals surface area (Å²) in [5, 5.41) is 3.97. The highest BCUT2D eigenvalue weighted by atomic mass is 16.5. The van der Waals surface area contributed by atoms with E-state index in [4.69, 9.17) is 14.2 Å². The fraction of sp³-hybridized carbons (Fsp3) is 0.263. The van der Waals surface area contributed by atoms with Gasteiger partial charge in [0.05, 0.1) is 20.4 Å². The molecule has 0 aliphatic carbocycles. The summed E-state index contributed by atoms with van der Waals surface area (Å²) in [6.45, 7) is 3.84. The first kappa shape index (κ1) is 18.3. The van der Waals surface area contributed by atoms with E-state index in [0.29, 0.717) is 5.75 Å². The largest absolute Gasteiger partial charge is 0.497 e. The van der Waals surface area contributed by atoms with Gasteiger partial charge in [-0.2, -0.15) is 5.10 Å². The molecule has 0 aliphatic heterocycles. The predicted octanol–water partition coefficient (Wildman–Crippen LogP) is 2.85. The van der Waals surface area contributed by atoms with Crippen LogP contribution < -0.4 is 19.6 Å². The van der Waals surface area contributed by atoms with Crippen LogP contribution in [0.3, 0.4) is 0 Å². The molecule has 0 atom stereocenters. The van der Waals surface area contributed by atoms with Gasteiger partial charge in [0.25, 0.3) is 5.91 Å². The van der Waals surface area contributed by atoms with Gasteiger partial charge in [-0.05, 0) is 66.9 Å². The Kier molecular flexibility index (Phi) is 6.39. The number of ether oxygens (including phenoxy) is 3. The van der Waals surface area contributed by atoms with Crippen LogP contribution in [0.1, 0.15) is 16.7 Å². The van der Waals surface area contributed by atoms with Crippen LogP contribution in [0.5, 0.6) is 17.2 Å². The maximum Gasteiger partial charge on any atom is 0.277 e. The summed E-state index contributed by atoms with van der Waals surface area (Å²) in [4.78, 5) is 11.8. The highest BCUT2D eigenvalue weighted by Gasteiger charge is 2.05. The normalized spacial score (nSPS) is 10.6. The lowest BCUT2D eigenvalue weighted by Crippen LogP contribution is -2.24. The van der Waals surface area contributed by atoms with E-state index in [-0.39, 0.29) is 12.5 Å². The molecular formula is C19H22N2O4. The maximum atomic E-state index is 11.8. The van der Waals surface area contributed by atoms with Crippen LogP contribution >= 0.6 is 0 Å². The van der Waals surface area contributed by atoms with Crippen LogP contribution in [-0.2, 0) is 4.79 Å². The van der Waals surface area contributed by atoms with E-state index in [1.165, 1.54) is 0 Å². The second kappa shape index (κ2) is 8.73. The van der Waals surface area contributed by atoms with Crippen molar-refractivity contribution in [3.8, 4) is 17.2 Å². The number of hydrogen-bond acceptors (Lipinski definition) is 5. The number of hydrogen-bond donors (Lipinski definition) is 1. The van der Waals surface area contributed by atoms with Crippen molar-refractivity contribution >= 4 is 12.1 Å². The maximum absolute atomic E-state index is 11.8. The summed E-state index contributed by atoms with van der Waals surface area (Å²) in [5.41, 5.74) is 5.45. The summed E-state index contributed by atoms with van der Waals surface area (Å²) in [5.74, 6) is 1.80. The predicted molar refractivity (Wildman–Crippen MR) is 96.7 cm³/mol. The molecule has 2 aromatic carbocycles. The molecule has 0 heterocycles. The van der Waals surface area contributed by atoms with Gasteiger partial charge in [0.1, 0.15) is 17.2 Å². The van der Waals surface area contributed by atoms with E-state index >= 15 is 0 Å². The number of benzene rings is 2. The first-order valence-electron chi connectivity index (χ1n) is 7.78. The smallest absolute Gasteiger partial charge is 0.277 e. The Labute approximate surface area is 147 Å². The summed E-state index contributed by atoms with van der Waals surface area (Å²) >= 11 is 0. The quantitative estimate of drug-likeness (QED) is 0.620. The Morgan fingerprint density at radius 2 is 1.68 bits per heavy atom. The highest BCUT2D eigenvalue weighted by Crippen LogP contribution is 2.22. The SMILES string of the molecule is COc1ccc(OCC(=O)NN=Cc2ccc(OC)c(C)c2C)cc1. The topological polar surface area (TPSA) is 69.2 Å². The number of methoxy groups -OCH3 is 2. The van der Waals surface area contributed by atoms with E-state index in [2.05, 4.69) is 10.5 Å². The second-order valence-electron chi connectivity index (χ2n) is 5.36. The Bertz CT molecular complexity index is 755. The van der Waals surface area contributed by atoms with E-state index in [0.717, 1.165) is 28.2 Å². The zero-order chi connectivity index (χ0) is 18.2. The van der Waals surface area contributed by atoms with Crippen LogP contribution in [0, 0.1) is 13.8 Å². The third-order valence-corrected chi connectivity index (χ3v) is 3.82. The molecule has 0 saturated heterocycles. The summed E-state index contributed by atoms with van der Waals surface area (Å²) in [7, 11) is 3.23. The van der Waals surface area contributed by atoms with Crippen LogP contribution in [0.25, 0.3) is 0 Å². The third kappa shape index (κ3) is 4.97. The van der Waals surface area contributed by atoms with Gasteiger partial charge >= 0.3 is 0 Å². The molecule has 0 aliphatic rings. The van der Waals surface area contributed by atoms with Crippen molar-refractivity contribution in [1.82, 2.24) is 5.43 Å². The molecule has 0 saturated carbocycles. The molecule has 25 heavy (non-hydrogen) atoms. The van der Waals surface area contributed by atoms with Crippen molar-refractivity contribution in [2.75, 3.05) is 20.8 Å². The first-order valence-corrected chi connectivity index (χ1v) is 7.78. The highest BCUT2D eigenvalue weighted by molar-refractivity contribution is 5.85. The third-order valence-electron chi connectivity index (χ3n) is 3.82. The van der Waals surface area contributed by atoms with Crippen molar-refractivity contribution in [2.45, 2.75) is 13.8 Å². The number of nitrogens with one attached hydrogen (secondary N) is 1. The van der Waals surface area contributed by atoms with Gasteiger partial charge in [-0.1, -0.05) is 0 Å². The zero-order valence-electron chi connectivity index (χ0n) is 14.8. The Hall–Kier alpha value is -3.02. The van der Waals surface area contributed by atoms with Crippen molar-refractivity contribution in [3.63, 3.8) is 0 Å². The molecule has 0 spiro atoms. The summed E-state index contributed by atoms with van der Waals surface area (Å²) in [6.07, 6.45) is 1.60. The Balaban J connectivity index is 1.87. The second-order valence-corrected chi connectivity index (χ2v) is 5.36. The Morgan fingerprint density at radius 1 is 1.00 bits per heavy atom. The lowest BCUT2D eigenvalue weighted by atomic mass is 10.0. The van der Waals surface area contributed by atoms with Crippen LogP contribution in [0.2, 0.25) is 0 Å². The van der Waals surface area contributed by atoms with Gasteiger partial charge in [0.2, 0.25) is 0 Å². The molecular weight excluding hydrogens is 320 g/mol. The van der Waals surface area contributed by atoms with Crippen LogP contribution in [0.15, 0.2) is 41.5 Å². The number of carbonyl (C=O) groups is 1. The standard InChI is InChI=1S/C19H22N2O4/c1-13-14(2)18(24-4)10-5-15(13)11-20-21-19(22)12-25-17-8-6-16(23-3)7-9-17/h5-11H,12H2,1-4H3,(H,21,22). The number of hydrazone groups is 1. The minimum Gasteiger partial charge on any atom is -0.497 e. The van der Waals surface area contributed by atoms with Crippen molar-refractivity contribution in [3.05, 3.63) is 53.1 Å². The van der Waals surface area contributed by atoms with E-state index in [1.807, 2.05) is 26.0 Å². The molecule has 0 bridgehead atoms. The van der Waals surface area contributed by atoms with Gasteiger partial charge in [0.15, 0.2) is 6.61 Å². The average Bonchev–Trinajstić information content (AvgIpc) is 2.64. The van der Waals surface area contributed by atoms with Crippen molar-refractivity contribution in [1.29, 1.82) is 0 Å². The van der Waals surface area contributed by atoms with E-state index in [9.17, 15) is 4.79 Å². The van der Waals surface area contributed by atoms with E-state index < -0.39 is 0 Å². The van der Waals surface area contributed by atoms with Crippen molar-refractivity contribution < 1.29 is 19.0 Å². The van der Waals surface area contributed by atoms with E-state index in [1.54, 1.807) is 44.7 Å². The molecule has 1 N–H and O–H groups in total. The van der Waals surface area contributed by atoms with Gasteiger partial charge in [-0.15, -0.1) is 0 Å². The fourth-order valence-corrected chi connectivity index (χ4v) is 2.20. The summed E-state index contributed by atoms with van der Waals surface area (Å²) in [6, 6.07) is 10.8. The minimum atomic E-state index is -0.338. The molecule has 1 amide bonds. The zero-order valence-corrected chi connectivity index (χ0v) is 14.8. The number of rotatable bonds is 7. The Morgan fingerprint density at radius 3 is 2.32 bits per heavy atom. The fourth-order valence-electron chi connectivity index (χ4n) is 2.20. The van der Waals surface area contributed by atoms with Crippen LogP contribution in [0.4, 0.5) is 0 Å². The molecule has 0 unspecified atom stereocenters. The number of nitrogens with zero attached hydrogens (tertiary/aromatic N) is 1. The first-order chi connectivity index (χ1) is 12.0. The number of amides is 1. The van der Waals surface area contributed by atoms with Crippen LogP contribution in [-0.4, -0.2) is 32.9 Å². The van der Waals surface area contributed by atoms with Gasteiger partial charge in [-0.3, -0.25) is 4.79 Å². The molecule has 132 valence electrons. The lowest BCUT2D eigenvalue weighted by Gasteiger charge is -2.09. The van der Waals surface area contributed by atoms with Gasteiger partial charge < -0.3 is 14.2 Å². The molecule has 6 nitrogen and oxygen atoms in total. The van der Waals surface area contributed by atoms with Crippen molar-refractivity contribution in [2.24, 2.45) is 5.10 Å². The van der Waals surface area contributed by atoms with Gasteiger partial charge in [-0.25, -0.2) is 5.43 Å². The molecule has 2 rings (SSSR count). The minimum absolute atomic E-state index is 0.121. The molecule has 6 heteroatoms.